The molecule has 136 valence electrons. The van der Waals surface area contributed by atoms with Crippen molar-refractivity contribution in [1.29, 1.82) is 0 Å². The van der Waals surface area contributed by atoms with Crippen molar-refractivity contribution in [2.45, 2.75) is 52.1 Å². The molecule has 3 rings (SSSR count). The van der Waals surface area contributed by atoms with E-state index in [1.165, 1.54) is 25.8 Å². The summed E-state index contributed by atoms with van der Waals surface area (Å²) in [7, 11) is 0. The summed E-state index contributed by atoms with van der Waals surface area (Å²) in [6.45, 7) is 7.92. The third-order valence-corrected chi connectivity index (χ3v) is 5.13. The number of piperidine rings is 1. The van der Waals surface area contributed by atoms with E-state index in [9.17, 15) is 4.79 Å². The van der Waals surface area contributed by atoms with Crippen molar-refractivity contribution < 1.29 is 9.21 Å². The van der Waals surface area contributed by atoms with Crippen LogP contribution in [0, 0.1) is 0 Å². The molecule has 1 aliphatic heterocycles. The second-order valence-corrected chi connectivity index (χ2v) is 6.87. The van der Waals surface area contributed by atoms with Crippen LogP contribution in [0.1, 0.15) is 50.0 Å². The van der Waals surface area contributed by atoms with Gasteiger partial charge in [-0.1, -0.05) is 18.6 Å². The lowest BCUT2D eigenvalue weighted by atomic mass is 10.0. The van der Waals surface area contributed by atoms with Gasteiger partial charge < -0.3 is 19.2 Å². The third kappa shape index (κ3) is 4.15. The van der Waals surface area contributed by atoms with Crippen molar-refractivity contribution in [3.05, 3.63) is 36.2 Å². The predicted molar refractivity (Wildman–Crippen MR) is 101 cm³/mol. The predicted octanol–water partition coefficient (Wildman–Crippen LogP) is 3.80. The molecule has 3 heterocycles. The first-order chi connectivity index (χ1) is 12.2. The number of furan rings is 1. The lowest BCUT2D eigenvalue weighted by molar-refractivity contribution is 0.0940. The first-order valence-corrected chi connectivity index (χ1v) is 9.41. The Hall–Kier alpha value is -2.01. The van der Waals surface area contributed by atoms with Crippen LogP contribution in [0.15, 0.2) is 35.0 Å². The highest BCUT2D eigenvalue weighted by molar-refractivity contribution is 5.97. The monoisotopic (exact) mass is 343 g/mol. The molecule has 1 atom stereocenters. The Morgan fingerprint density at radius 2 is 2.32 bits per heavy atom. The first kappa shape index (κ1) is 17.8. The minimum atomic E-state index is -0.0254. The van der Waals surface area contributed by atoms with Gasteiger partial charge in [-0.2, -0.15) is 0 Å². The Bertz CT molecular complexity index is 728. The van der Waals surface area contributed by atoms with Crippen LogP contribution >= 0.6 is 0 Å². The fourth-order valence-corrected chi connectivity index (χ4v) is 3.64. The van der Waals surface area contributed by atoms with Gasteiger partial charge in [0.25, 0.3) is 5.91 Å². The largest absolute Gasteiger partial charge is 0.463 e. The highest BCUT2D eigenvalue weighted by Crippen LogP contribution is 2.21. The highest BCUT2D eigenvalue weighted by atomic mass is 16.3. The summed E-state index contributed by atoms with van der Waals surface area (Å²) in [6.07, 6.45) is 10.6. The van der Waals surface area contributed by atoms with Crippen LogP contribution in [-0.2, 0) is 6.54 Å². The second kappa shape index (κ2) is 8.39. The van der Waals surface area contributed by atoms with E-state index in [0.29, 0.717) is 24.8 Å². The molecule has 1 unspecified atom stereocenters. The maximum Gasteiger partial charge on any atom is 0.268 e. The number of likely N-dealkylation sites (tertiary alicyclic amines) is 1. The second-order valence-electron chi connectivity index (χ2n) is 6.87. The minimum Gasteiger partial charge on any atom is -0.463 e. The minimum absolute atomic E-state index is 0.0254. The number of fused-ring (bicyclic) bond motifs is 1. The maximum absolute atomic E-state index is 12.6. The number of hydrogen-bond donors (Lipinski definition) is 1. The van der Waals surface area contributed by atoms with Crippen molar-refractivity contribution >= 4 is 17.0 Å². The van der Waals surface area contributed by atoms with Crippen LogP contribution in [0.5, 0.6) is 0 Å². The van der Waals surface area contributed by atoms with Crippen molar-refractivity contribution in [1.82, 2.24) is 14.8 Å². The molecule has 1 saturated heterocycles. The number of aromatic nitrogens is 1. The summed E-state index contributed by atoms with van der Waals surface area (Å²) in [5, 5.41) is 3.07. The number of carbonyl (C=O) groups excluding carboxylic acids is 1. The van der Waals surface area contributed by atoms with E-state index in [0.717, 1.165) is 24.1 Å². The molecule has 1 aliphatic rings. The molecule has 1 N–H and O–H groups in total. The number of nitrogens with one attached hydrogen (secondary N) is 1. The van der Waals surface area contributed by atoms with Crippen molar-refractivity contribution in [2.24, 2.45) is 0 Å². The Labute approximate surface area is 149 Å². The summed E-state index contributed by atoms with van der Waals surface area (Å²) in [4.78, 5) is 15.1. The number of hydrogen-bond acceptors (Lipinski definition) is 3. The van der Waals surface area contributed by atoms with Crippen LogP contribution in [0.4, 0.5) is 0 Å². The van der Waals surface area contributed by atoms with Gasteiger partial charge in [0.15, 0.2) is 5.58 Å². The van der Waals surface area contributed by atoms with Crippen molar-refractivity contribution in [3.63, 3.8) is 0 Å². The fourth-order valence-electron chi connectivity index (χ4n) is 3.64. The van der Waals surface area contributed by atoms with E-state index in [-0.39, 0.29) is 5.91 Å². The van der Waals surface area contributed by atoms with E-state index in [2.05, 4.69) is 17.1 Å². The van der Waals surface area contributed by atoms with Gasteiger partial charge in [0.05, 0.1) is 11.8 Å². The average molecular weight is 343 g/mol. The zero-order chi connectivity index (χ0) is 17.6. The molecule has 0 aromatic carbocycles. The van der Waals surface area contributed by atoms with E-state index in [1.54, 1.807) is 6.26 Å². The number of nitrogens with zero attached hydrogens (tertiary/aromatic N) is 2. The lowest BCUT2D eigenvalue weighted by Gasteiger charge is -2.33. The Morgan fingerprint density at radius 1 is 1.44 bits per heavy atom. The van der Waals surface area contributed by atoms with Gasteiger partial charge in [-0.3, -0.25) is 4.79 Å². The third-order valence-electron chi connectivity index (χ3n) is 5.13. The summed E-state index contributed by atoms with van der Waals surface area (Å²) in [6, 6.07) is 4.42. The van der Waals surface area contributed by atoms with E-state index in [1.807, 2.05) is 35.8 Å². The molecule has 2 aromatic rings. The zero-order valence-corrected chi connectivity index (χ0v) is 15.3. The van der Waals surface area contributed by atoms with Gasteiger partial charge >= 0.3 is 0 Å². The number of rotatable bonds is 7. The summed E-state index contributed by atoms with van der Waals surface area (Å²) >= 11 is 0. The molecule has 2 aromatic heterocycles. The number of carbonyl (C=O) groups is 1. The Kier molecular flexibility index (Phi) is 5.97. The van der Waals surface area contributed by atoms with Crippen LogP contribution in [-0.4, -0.2) is 41.1 Å². The summed E-state index contributed by atoms with van der Waals surface area (Å²) in [5.74, 6) is -0.0254. The summed E-state index contributed by atoms with van der Waals surface area (Å²) in [5.41, 5.74) is 2.39. The van der Waals surface area contributed by atoms with Gasteiger partial charge in [0.1, 0.15) is 5.69 Å². The van der Waals surface area contributed by atoms with Gasteiger partial charge in [-0.25, -0.2) is 0 Å². The number of amides is 1. The van der Waals surface area contributed by atoms with Crippen LogP contribution in [0.25, 0.3) is 11.1 Å². The van der Waals surface area contributed by atoms with Crippen LogP contribution in [0.3, 0.4) is 0 Å². The van der Waals surface area contributed by atoms with E-state index < -0.39 is 0 Å². The molecular formula is C20H29N3O2. The van der Waals surface area contributed by atoms with Gasteiger partial charge in [0.2, 0.25) is 0 Å². The standard InChI is InChI=1S/C20H29N3O2/c1-3-4-13-23-17-9-14-25-19(17)15-18(23)20(24)21-10-7-12-22-11-6-5-8-16(22)2/h3-4,9,14-16H,5-8,10-13H2,1-2H3,(H,21,24)/b4-3-. The number of allylic oxidation sites excluding steroid dienone is 2. The molecule has 0 aliphatic carbocycles. The first-order valence-electron chi connectivity index (χ1n) is 9.41. The van der Waals surface area contributed by atoms with Crippen LogP contribution < -0.4 is 5.32 Å². The molecular weight excluding hydrogens is 314 g/mol. The van der Waals surface area contributed by atoms with E-state index in [4.69, 9.17) is 4.42 Å². The van der Waals surface area contributed by atoms with Crippen molar-refractivity contribution in [3.8, 4) is 0 Å². The maximum atomic E-state index is 12.6. The molecule has 0 saturated carbocycles. The molecule has 0 bridgehead atoms. The zero-order valence-electron chi connectivity index (χ0n) is 15.3. The smallest absolute Gasteiger partial charge is 0.268 e. The molecule has 0 spiro atoms. The quantitative estimate of drug-likeness (QED) is 0.614. The van der Waals surface area contributed by atoms with Gasteiger partial charge in [0, 0.05) is 37.8 Å². The molecule has 1 fully saturated rings. The SMILES string of the molecule is C/C=C\Cn1c(C(=O)NCCCN2CCCCC2C)cc2occc21. The average Bonchev–Trinajstić information content (AvgIpc) is 3.19. The fraction of sp³-hybridized carbons (Fsp3) is 0.550. The molecule has 5 heteroatoms. The topological polar surface area (TPSA) is 50.4 Å². The molecule has 25 heavy (non-hydrogen) atoms. The molecule has 5 nitrogen and oxygen atoms in total. The normalized spacial score (nSPS) is 19.0. The lowest BCUT2D eigenvalue weighted by Crippen LogP contribution is -2.39. The van der Waals surface area contributed by atoms with Gasteiger partial charge in [-0.15, -0.1) is 0 Å². The Balaban J connectivity index is 1.56. The van der Waals surface area contributed by atoms with Gasteiger partial charge in [-0.05, 0) is 39.7 Å². The highest BCUT2D eigenvalue weighted by Gasteiger charge is 2.18. The Morgan fingerprint density at radius 3 is 3.12 bits per heavy atom. The molecule has 1 amide bonds. The summed E-state index contributed by atoms with van der Waals surface area (Å²) < 4.78 is 7.46. The van der Waals surface area contributed by atoms with Crippen molar-refractivity contribution in [2.75, 3.05) is 19.6 Å². The molecule has 0 radical (unpaired) electrons. The van der Waals surface area contributed by atoms with Crippen LogP contribution in [0.2, 0.25) is 0 Å². The van der Waals surface area contributed by atoms with E-state index >= 15 is 0 Å².